The first-order valence-electron chi connectivity index (χ1n) is 10.1. The van der Waals surface area contributed by atoms with E-state index in [0.29, 0.717) is 36.5 Å². The molecule has 2 aromatic rings. The molecule has 0 aliphatic heterocycles. The lowest BCUT2D eigenvalue weighted by molar-refractivity contribution is 0.110. The average molecular weight is 407 g/mol. The second kappa shape index (κ2) is 12.1. The Bertz CT molecular complexity index is 745. The van der Waals surface area contributed by atoms with Gasteiger partial charge in [0.1, 0.15) is 30.8 Å². The standard InChI is InChI=1S/C21H31FN4O3/c1-4-15(5-2)20-11-19(29-26-20)13-25-21(23-6-3)24-12-17(27)14-28-18-9-7-16(22)8-10-18/h7-11,15,17,27H,4-6,12-14H2,1-3H3,(H2,23,24,25). The van der Waals surface area contributed by atoms with E-state index in [1.54, 1.807) is 0 Å². The molecular formula is C21H31FN4O3. The molecule has 1 unspecified atom stereocenters. The van der Waals surface area contributed by atoms with Crippen molar-refractivity contribution in [3.63, 3.8) is 0 Å². The third-order valence-corrected chi connectivity index (χ3v) is 4.48. The average Bonchev–Trinajstić information content (AvgIpc) is 3.19. The van der Waals surface area contributed by atoms with Crippen LogP contribution in [-0.2, 0) is 6.54 Å². The first-order chi connectivity index (χ1) is 14.0. The number of nitrogens with zero attached hydrogens (tertiary/aromatic N) is 2. The van der Waals surface area contributed by atoms with Gasteiger partial charge in [-0.15, -0.1) is 0 Å². The Morgan fingerprint density at radius 1 is 1.21 bits per heavy atom. The minimum Gasteiger partial charge on any atom is -0.491 e. The number of aliphatic imine (C=N–C) groups is 1. The summed E-state index contributed by atoms with van der Waals surface area (Å²) in [5.41, 5.74) is 0.964. The molecule has 0 saturated heterocycles. The Labute approximate surface area is 171 Å². The van der Waals surface area contributed by atoms with Gasteiger partial charge in [-0.05, 0) is 44.0 Å². The van der Waals surface area contributed by atoms with Gasteiger partial charge in [0.05, 0.1) is 5.69 Å². The predicted molar refractivity (Wildman–Crippen MR) is 111 cm³/mol. The molecule has 3 N–H and O–H groups in total. The van der Waals surface area contributed by atoms with Crippen LogP contribution >= 0.6 is 0 Å². The van der Waals surface area contributed by atoms with Crippen LogP contribution in [-0.4, -0.2) is 42.0 Å². The van der Waals surface area contributed by atoms with Gasteiger partial charge in [0, 0.05) is 25.1 Å². The molecule has 1 aromatic carbocycles. The zero-order valence-electron chi connectivity index (χ0n) is 17.3. The number of halogens is 1. The number of hydrogen-bond acceptors (Lipinski definition) is 5. The topological polar surface area (TPSA) is 91.9 Å². The van der Waals surface area contributed by atoms with Crippen molar-refractivity contribution >= 4 is 5.96 Å². The maximum absolute atomic E-state index is 12.9. The van der Waals surface area contributed by atoms with Crippen molar-refractivity contribution in [2.75, 3.05) is 19.7 Å². The van der Waals surface area contributed by atoms with Crippen molar-refractivity contribution in [3.05, 3.63) is 47.6 Å². The van der Waals surface area contributed by atoms with E-state index in [0.717, 1.165) is 18.5 Å². The van der Waals surface area contributed by atoms with E-state index in [-0.39, 0.29) is 19.0 Å². The zero-order chi connectivity index (χ0) is 21.1. The van der Waals surface area contributed by atoms with Crippen molar-refractivity contribution in [1.82, 2.24) is 15.8 Å². The highest BCUT2D eigenvalue weighted by Gasteiger charge is 2.13. The van der Waals surface area contributed by atoms with Gasteiger partial charge >= 0.3 is 0 Å². The highest BCUT2D eigenvalue weighted by Crippen LogP contribution is 2.22. The minimum atomic E-state index is -0.754. The molecule has 7 nitrogen and oxygen atoms in total. The van der Waals surface area contributed by atoms with Crippen LogP contribution in [0.1, 0.15) is 51.0 Å². The van der Waals surface area contributed by atoms with E-state index in [1.807, 2.05) is 13.0 Å². The van der Waals surface area contributed by atoms with Crippen LogP contribution in [0.5, 0.6) is 5.75 Å². The molecule has 1 heterocycles. The number of aliphatic hydroxyl groups excluding tert-OH is 1. The van der Waals surface area contributed by atoms with Gasteiger partial charge in [0.2, 0.25) is 0 Å². The highest BCUT2D eigenvalue weighted by atomic mass is 19.1. The number of ether oxygens (including phenoxy) is 1. The summed E-state index contributed by atoms with van der Waals surface area (Å²) in [5.74, 6) is 1.84. The molecule has 0 saturated carbocycles. The smallest absolute Gasteiger partial charge is 0.191 e. The second-order valence-electron chi connectivity index (χ2n) is 6.73. The largest absolute Gasteiger partial charge is 0.491 e. The summed E-state index contributed by atoms with van der Waals surface area (Å²) in [4.78, 5) is 4.48. The van der Waals surface area contributed by atoms with Crippen LogP contribution in [0.25, 0.3) is 0 Å². The van der Waals surface area contributed by atoms with Crippen LogP contribution in [0.3, 0.4) is 0 Å². The monoisotopic (exact) mass is 406 g/mol. The summed E-state index contributed by atoms with van der Waals surface area (Å²) < 4.78 is 23.7. The Kier molecular flexibility index (Phi) is 9.43. The van der Waals surface area contributed by atoms with Crippen LogP contribution in [0, 0.1) is 5.82 Å². The van der Waals surface area contributed by atoms with E-state index in [2.05, 4.69) is 34.6 Å². The van der Waals surface area contributed by atoms with Gasteiger partial charge in [-0.25, -0.2) is 9.38 Å². The van der Waals surface area contributed by atoms with Crippen molar-refractivity contribution in [3.8, 4) is 5.75 Å². The zero-order valence-corrected chi connectivity index (χ0v) is 17.3. The van der Waals surface area contributed by atoms with E-state index < -0.39 is 6.10 Å². The van der Waals surface area contributed by atoms with Gasteiger partial charge in [0.15, 0.2) is 11.7 Å². The Balaban J connectivity index is 1.82. The fourth-order valence-corrected chi connectivity index (χ4v) is 2.80. The lowest BCUT2D eigenvalue weighted by Crippen LogP contribution is -2.42. The van der Waals surface area contributed by atoms with Crippen molar-refractivity contribution in [1.29, 1.82) is 0 Å². The molecule has 0 aliphatic rings. The number of benzene rings is 1. The van der Waals surface area contributed by atoms with Crippen LogP contribution < -0.4 is 15.4 Å². The van der Waals surface area contributed by atoms with Crippen LogP contribution in [0.15, 0.2) is 39.8 Å². The number of aliphatic hydroxyl groups is 1. The summed E-state index contributed by atoms with van der Waals surface area (Å²) in [6.45, 7) is 7.61. The molecule has 1 atom stereocenters. The third kappa shape index (κ3) is 7.73. The molecule has 0 aliphatic carbocycles. The van der Waals surface area contributed by atoms with Crippen LogP contribution in [0.4, 0.5) is 4.39 Å². The van der Waals surface area contributed by atoms with Crippen molar-refractivity contribution < 1.29 is 18.8 Å². The normalized spacial score (nSPS) is 12.8. The molecule has 0 spiro atoms. The van der Waals surface area contributed by atoms with Gasteiger partial charge in [-0.3, -0.25) is 0 Å². The first-order valence-corrected chi connectivity index (χ1v) is 10.1. The van der Waals surface area contributed by atoms with Gasteiger partial charge in [-0.2, -0.15) is 0 Å². The third-order valence-electron chi connectivity index (χ3n) is 4.48. The lowest BCUT2D eigenvalue weighted by atomic mass is 9.99. The quantitative estimate of drug-likeness (QED) is 0.392. The fraction of sp³-hybridized carbons (Fsp3) is 0.524. The summed E-state index contributed by atoms with van der Waals surface area (Å²) in [6, 6.07) is 7.63. The highest BCUT2D eigenvalue weighted by molar-refractivity contribution is 5.79. The van der Waals surface area contributed by atoms with Gasteiger partial charge < -0.3 is 25.0 Å². The number of nitrogens with one attached hydrogen (secondary N) is 2. The van der Waals surface area contributed by atoms with E-state index in [9.17, 15) is 9.50 Å². The maximum Gasteiger partial charge on any atom is 0.191 e. The predicted octanol–water partition coefficient (Wildman–Crippen LogP) is 3.21. The molecule has 29 heavy (non-hydrogen) atoms. The molecule has 1 aromatic heterocycles. The number of hydrogen-bond donors (Lipinski definition) is 3. The summed E-state index contributed by atoms with van der Waals surface area (Å²) in [7, 11) is 0. The second-order valence-corrected chi connectivity index (χ2v) is 6.73. The van der Waals surface area contributed by atoms with Gasteiger partial charge in [-0.1, -0.05) is 19.0 Å². The Hall–Kier alpha value is -2.61. The van der Waals surface area contributed by atoms with Gasteiger partial charge in [0.25, 0.3) is 0 Å². The summed E-state index contributed by atoms with van der Waals surface area (Å²) in [5, 5.41) is 20.5. The molecule has 8 heteroatoms. The fourth-order valence-electron chi connectivity index (χ4n) is 2.80. The number of rotatable bonds is 11. The Morgan fingerprint density at radius 2 is 1.93 bits per heavy atom. The lowest BCUT2D eigenvalue weighted by Gasteiger charge is -2.15. The first kappa shape index (κ1) is 22.7. The maximum atomic E-state index is 12.9. The molecule has 160 valence electrons. The molecule has 0 bridgehead atoms. The molecule has 2 rings (SSSR count). The SMILES string of the molecule is CCNC(=NCc1cc(C(CC)CC)no1)NCC(O)COc1ccc(F)cc1. The van der Waals surface area contributed by atoms with E-state index in [1.165, 1.54) is 24.3 Å². The molecule has 0 fully saturated rings. The van der Waals surface area contributed by atoms with E-state index >= 15 is 0 Å². The van der Waals surface area contributed by atoms with Crippen molar-refractivity contribution in [2.24, 2.45) is 4.99 Å². The molecule has 0 radical (unpaired) electrons. The van der Waals surface area contributed by atoms with Crippen molar-refractivity contribution in [2.45, 2.75) is 52.2 Å². The number of guanidine groups is 1. The Morgan fingerprint density at radius 3 is 2.59 bits per heavy atom. The molecule has 0 amide bonds. The van der Waals surface area contributed by atoms with Crippen LogP contribution in [0.2, 0.25) is 0 Å². The molecular weight excluding hydrogens is 375 g/mol. The number of aromatic nitrogens is 1. The minimum absolute atomic E-state index is 0.0823. The van der Waals surface area contributed by atoms with E-state index in [4.69, 9.17) is 9.26 Å². The summed E-state index contributed by atoms with van der Waals surface area (Å²) in [6.07, 6.45) is 1.29. The summed E-state index contributed by atoms with van der Waals surface area (Å²) >= 11 is 0.